The van der Waals surface area contributed by atoms with Gasteiger partial charge in [-0.1, -0.05) is 36.5 Å². The Bertz CT molecular complexity index is 1710. The summed E-state index contributed by atoms with van der Waals surface area (Å²) in [6, 6.07) is 7.37. The minimum absolute atomic E-state index is 0.0224. The number of amides is 2. The van der Waals surface area contributed by atoms with E-state index >= 15 is 0 Å². The Balaban J connectivity index is 1.39. The average molecular weight is 878 g/mol. The van der Waals surface area contributed by atoms with Gasteiger partial charge in [0.1, 0.15) is 36.5 Å². The van der Waals surface area contributed by atoms with E-state index in [9.17, 15) is 44.6 Å². The summed E-state index contributed by atoms with van der Waals surface area (Å²) in [5, 5.41) is 49.0. The van der Waals surface area contributed by atoms with Crippen LogP contribution in [0.15, 0.2) is 48.5 Å². The number of nitro groups is 1. The molecule has 2 aliphatic rings. The highest BCUT2D eigenvalue weighted by Crippen LogP contribution is 2.33. The van der Waals surface area contributed by atoms with Crippen molar-refractivity contribution in [3.63, 3.8) is 0 Å². The molecule has 2 heterocycles. The second-order valence-electron chi connectivity index (χ2n) is 14.0. The SMILES string of the molecule is CCCC1CC(C(=O)N[C@H](C(C)Cl)[C@H]2O[C@H](SC)[C@H](OC(=O)c3ccc(C(=O)OCC(NC(=O)C(Cl)Cl)C(O)c4ccc([N+](=O)[O-])cc4)cc3)[C@@H](O)[C@H]2O)N(C)C1. The van der Waals surface area contributed by atoms with E-state index in [4.69, 9.17) is 49.0 Å². The molecule has 0 saturated carbocycles. The Morgan fingerprint density at radius 3 is 2.18 bits per heavy atom. The third kappa shape index (κ3) is 11.9. The Morgan fingerprint density at radius 1 is 1.02 bits per heavy atom. The normalized spacial score (nSPS) is 25.8. The van der Waals surface area contributed by atoms with Gasteiger partial charge in [-0.2, -0.15) is 0 Å². The third-order valence-electron chi connectivity index (χ3n) is 9.95. The number of nitrogens with one attached hydrogen (secondary N) is 2. The summed E-state index contributed by atoms with van der Waals surface area (Å²) in [6.45, 7) is 3.96. The molecular weight excluding hydrogens is 831 g/mol. The molecule has 0 aliphatic carbocycles. The topological polar surface area (TPSA) is 227 Å². The number of aliphatic hydroxyl groups is 3. The molecule has 2 fully saturated rings. The highest BCUT2D eigenvalue weighted by Gasteiger charge is 2.50. The standard InChI is InChI=1S/C37H47Cl3N4O12S/c1-5-6-19-15-25(43(3)16-19)33(48)42-26(18(2)38)30-28(46)29(47)31(37(56-30)57-4)55-36(51)22-9-7-21(8-10-22)35(50)54-17-24(41-34(49)32(39)40)27(45)20-11-13-23(14-12-20)44(52)53/h7-14,18-19,24-32,37,45-47H,5-6,15-17H2,1-4H3,(H,41,49)(H,42,48)/t18?,19?,24?,25?,26-,27?,28-,29+,30-,31-,37-/m1/s1. The number of alkyl halides is 3. The fourth-order valence-corrected chi connectivity index (χ4v) is 7.95. The van der Waals surface area contributed by atoms with Crippen molar-refractivity contribution in [3.8, 4) is 0 Å². The van der Waals surface area contributed by atoms with Gasteiger partial charge in [-0.3, -0.25) is 24.6 Å². The Hall–Kier alpha value is -3.26. The summed E-state index contributed by atoms with van der Waals surface area (Å²) in [4.78, 5) is 62.7. The summed E-state index contributed by atoms with van der Waals surface area (Å²) < 4.78 is 17.1. The summed E-state index contributed by atoms with van der Waals surface area (Å²) >= 11 is 18.9. The molecule has 2 aromatic rings. The molecule has 16 nitrogen and oxygen atoms in total. The number of esters is 2. The predicted molar refractivity (Wildman–Crippen MR) is 212 cm³/mol. The minimum atomic E-state index is -1.63. The number of aliphatic hydroxyl groups excluding tert-OH is 3. The maximum absolute atomic E-state index is 13.4. The molecule has 314 valence electrons. The maximum atomic E-state index is 13.4. The number of hydrogen-bond acceptors (Lipinski definition) is 14. The molecule has 2 aromatic carbocycles. The van der Waals surface area contributed by atoms with Gasteiger partial charge >= 0.3 is 11.9 Å². The molecule has 5 unspecified atom stereocenters. The molecule has 4 rings (SSSR count). The van der Waals surface area contributed by atoms with Crippen LogP contribution in [0.4, 0.5) is 5.69 Å². The smallest absolute Gasteiger partial charge is 0.338 e. The zero-order chi connectivity index (χ0) is 42.1. The number of benzene rings is 2. The number of thioether (sulfide) groups is 1. The number of hydrogen-bond donors (Lipinski definition) is 5. The van der Waals surface area contributed by atoms with Gasteiger partial charge < -0.3 is 40.2 Å². The van der Waals surface area contributed by atoms with Crippen molar-refractivity contribution < 1.29 is 53.6 Å². The van der Waals surface area contributed by atoms with Gasteiger partial charge in [-0.25, -0.2) is 9.59 Å². The number of carbonyl (C=O) groups excluding carboxylic acids is 4. The van der Waals surface area contributed by atoms with E-state index in [1.54, 1.807) is 13.2 Å². The van der Waals surface area contributed by atoms with E-state index < -0.39 is 87.6 Å². The lowest BCUT2D eigenvalue weighted by Crippen LogP contribution is -2.65. The number of carbonyl (C=O) groups is 4. The number of halogens is 3. The molecule has 0 radical (unpaired) electrons. The van der Waals surface area contributed by atoms with E-state index in [0.717, 1.165) is 43.3 Å². The molecule has 11 atom stereocenters. The van der Waals surface area contributed by atoms with Gasteiger partial charge in [0.2, 0.25) is 5.91 Å². The lowest BCUT2D eigenvalue weighted by Gasteiger charge is -2.45. The molecule has 2 amide bonds. The van der Waals surface area contributed by atoms with Crippen molar-refractivity contribution in [2.45, 2.75) is 97.4 Å². The monoisotopic (exact) mass is 876 g/mol. The van der Waals surface area contributed by atoms with Crippen LogP contribution in [0.25, 0.3) is 0 Å². The molecule has 5 N–H and O–H groups in total. The number of likely N-dealkylation sites (tertiary alicyclic amines) is 1. The highest BCUT2D eigenvalue weighted by molar-refractivity contribution is 7.99. The molecule has 2 aliphatic heterocycles. The first kappa shape index (κ1) is 46.4. The molecule has 0 spiro atoms. The van der Waals surface area contributed by atoms with Gasteiger partial charge in [0.05, 0.1) is 39.6 Å². The second-order valence-corrected chi connectivity index (χ2v) is 16.7. The zero-order valence-corrected chi connectivity index (χ0v) is 34.6. The van der Waals surface area contributed by atoms with Gasteiger partial charge in [0, 0.05) is 18.7 Å². The van der Waals surface area contributed by atoms with Gasteiger partial charge in [0.15, 0.2) is 10.9 Å². The van der Waals surface area contributed by atoms with Crippen molar-refractivity contribution in [1.29, 1.82) is 0 Å². The van der Waals surface area contributed by atoms with Crippen LogP contribution in [-0.4, -0.2) is 134 Å². The van der Waals surface area contributed by atoms with Crippen LogP contribution in [0.5, 0.6) is 0 Å². The van der Waals surface area contributed by atoms with Crippen LogP contribution in [0.3, 0.4) is 0 Å². The van der Waals surface area contributed by atoms with Crippen molar-refractivity contribution in [2.24, 2.45) is 5.92 Å². The number of nitrogens with zero attached hydrogens (tertiary/aromatic N) is 2. The van der Waals surface area contributed by atoms with Crippen molar-refractivity contribution in [3.05, 3.63) is 75.3 Å². The lowest BCUT2D eigenvalue weighted by atomic mass is 9.92. The fourth-order valence-electron chi connectivity index (χ4n) is 6.89. The largest absolute Gasteiger partial charge is 0.460 e. The number of non-ortho nitro benzene ring substituents is 1. The Kier molecular flexibility index (Phi) is 17.2. The van der Waals surface area contributed by atoms with Gasteiger partial charge in [0.25, 0.3) is 11.6 Å². The van der Waals surface area contributed by atoms with Crippen LogP contribution >= 0.6 is 46.6 Å². The van der Waals surface area contributed by atoms with Gasteiger partial charge in [-0.15, -0.1) is 23.4 Å². The number of nitro benzene ring substituents is 1. The summed E-state index contributed by atoms with van der Waals surface area (Å²) in [7, 11) is 1.88. The molecule has 20 heteroatoms. The Labute approximate surface area is 349 Å². The molecule has 0 aromatic heterocycles. The van der Waals surface area contributed by atoms with Gasteiger partial charge in [-0.05, 0) is 80.9 Å². The van der Waals surface area contributed by atoms with Crippen molar-refractivity contribution in [2.75, 3.05) is 26.5 Å². The van der Waals surface area contributed by atoms with E-state index in [1.807, 2.05) is 11.9 Å². The minimum Gasteiger partial charge on any atom is -0.460 e. The highest BCUT2D eigenvalue weighted by atomic mass is 35.5. The van der Waals surface area contributed by atoms with Crippen LogP contribution in [0.2, 0.25) is 0 Å². The van der Waals surface area contributed by atoms with Crippen LogP contribution in [0.1, 0.15) is 65.5 Å². The fraction of sp³-hybridized carbons (Fsp3) is 0.568. The number of ether oxygens (including phenoxy) is 3. The maximum Gasteiger partial charge on any atom is 0.338 e. The van der Waals surface area contributed by atoms with Crippen LogP contribution < -0.4 is 10.6 Å². The quantitative estimate of drug-likeness (QED) is 0.0665. The van der Waals surface area contributed by atoms with Crippen LogP contribution in [-0.2, 0) is 23.8 Å². The lowest BCUT2D eigenvalue weighted by molar-refractivity contribution is -0.384. The molecular formula is C37H47Cl3N4O12S. The zero-order valence-electron chi connectivity index (χ0n) is 31.5. The third-order valence-corrected chi connectivity index (χ3v) is 11.5. The summed E-state index contributed by atoms with van der Waals surface area (Å²) in [6.07, 6.45) is -2.84. The van der Waals surface area contributed by atoms with E-state index in [-0.39, 0.29) is 34.3 Å². The van der Waals surface area contributed by atoms with Crippen LogP contribution in [0, 0.1) is 16.0 Å². The first-order valence-corrected chi connectivity index (χ1v) is 20.7. The average Bonchev–Trinajstić information content (AvgIpc) is 3.56. The van der Waals surface area contributed by atoms with Crippen molar-refractivity contribution in [1.82, 2.24) is 15.5 Å². The first-order valence-electron chi connectivity index (χ1n) is 18.1. The molecule has 0 bridgehead atoms. The number of rotatable bonds is 17. The van der Waals surface area contributed by atoms with E-state index in [2.05, 4.69) is 17.6 Å². The van der Waals surface area contributed by atoms with Crippen molar-refractivity contribution >= 4 is 76.0 Å². The van der Waals surface area contributed by atoms with E-state index in [0.29, 0.717) is 12.3 Å². The molecule has 57 heavy (non-hydrogen) atoms. The predicted octanol–water partition coefficient (Wildman–Crippen LogP) is 3.34. The second kappa shape index (κ2) is 21.1. The first-order chi connectivity index (χ1) is 27.0. The number of likely N-dealkylation sites (N-methyl/N-ethyl adjacent to an activating group) is 1. The Morgan fingerprint density at radius 2 is 1.63 bits per heavy atom. The molecule has 2 saturated heterocycles. The summed E-state index contributed by atoms with van der Waals surface area (Å²) in [5.41, 5.74) is -1.08. The van der Waals surface area contributed by atoms with E-state index in [1.165, 1.54) is 36.4 Å². The summed E-state index contributed by atoms with van der Waals surface area (Å²) in [5.74, 6) is -2.57.